The van der Waals surface area contributed by atoms with Gasteiger partial charge in [0.1, 0.15) is 0 Å². The van der Waals surface area contributed by atoms with E-state index >= 15 is 0 Å². The van der Waals surface area contributed by atoms with Crippen LogP contribution in [0.5, 0.6) is 0 Å². The van der Waals surface area contributed by atoms with Gasteiger partial charge in [0.2, 0.25) is 0 Å². The first-order valence-electron chi connectivity index (χ1n) is 2.34. The van der Waals surface area contributed by atoms with Gasteiger partial charge in [0.25, 0.3) is 0 Å². The summed E-state index contributed by atoms with van der Waals surface area (Å²) >= 11 is 2.99. The van der Waals surface area contributed by atoms with Crippen molar-refractivity contribution in [2.24, 2.45) is 0 Å². The molecule has 1 heteroatoms. The molecule has 0 aromatic carbocycles. The van der Waals surface area contributed by atoms with E-state index < -0.39 is 0 Å². The van der Waals surface area contributed by atoms with Gasteiger partial charge in [0.15, 0.2) is 0 Å². The lowest BCUT2D eigenvalue weighted by atomic mass is 10.3. The van der Waals surface area contributed by atoms with Crippen LogP contribution in [-0.4, -0.2) is 0 Å². The summed E-state index contributed by atoms with van der Waals surface area (Å²) in [5.41, 5.74) is 0. The summed E-state index contributed by atoms with van der Waals surface area (Å²) in [7, 11) is 0. The van der Waals surface area contributed by atoms with Crippen molar-refractivity contribution in [3.63, 3.8) is 0 Å². The summed E-state index contributed by atoms with van der Waals surface area (Å²) in [6.07, 6.45) is 4.23. The van der Waals surface area contributed by atoms with Gasteiger partial charge in [-0.25, -0.2) is 0 Å². The van der Waals surface area contributed by atoms with Crippen molar-refractivity contribution in [3.05, 3.63) is 6.42 Å². The fourth-order valence-electron chi connectivity index (χ4n) is 0.255. The van der Waals surface area contributed by atoms with Crippen LogP contribution >= 0.6 is 15.9 Å². The number of hydrogen-bond acceptors (Lipinski definition) is 0. The van der Waals surface area contributed by atoms with Gasteiger partial charge in [-0.05, 0) is 11.3 Å². The van der Waals surface area contributed by atoms with Crippen molar-refractivity contribution < 1.29 is 0 Å². The molecule has 0 aliphatic rings. The summed E-state index contributed by atoms with van der Waals surface area (Å²) < 4.78 is 0. The lowest BCUT2D eigenvalue weighted by Gasteiger charge is -1.79. The highest BCUT2D eigenvalue weighted by atomic mass is 79.9. The van der Waals surface area contributed by atoms with Crippen molar-refractivity contribution in [2.45, 2.75) is 19.8 Å². The molecule has 0 atom stereocenters. The normalized spacial score (nSPS) is 7.14. The highest BCUT2D eigenvalue weighted by Crippen LogP contribution is 1.88. The monoisotopic (exact) mass is 159 g/mol. The maximum atomic E-state index is 2.99. The molecule has 0 saturated heterocycles. The second-order valence-electron chi connectivity index (χ2n) is 1.23. The summed E-state index contributed by atoms with van der Waals surface area (Å²) in [6.45, 7) is 2.13. The molecule has 0 rings (SSSR count). The number of hydrogen-bond donors (Lipinski definition) is 0. The van der Waals surface area contributed by atoms with E-state index in [1.807, 2.05) is 6.42 Å². The van der Waals surface area contributed by atoms with Crippen molar-refractivity contribution >= 4 is 15.9 Å². The summed E-state index contributed by atoms with van der Waals surface area (Å²) in [4.78, 5) is 2.61. The Bertz CT molecular complexity index is 75.9. The van der Waals surface area contributed by atoms with E-state index in [-0.39, 0.29) is 0 Å². The van der Waals surface area contributed by atoms with Crippen LogP contribution in [0, 0.1) is 17.2 Å². The largest absolute Gasteiger partial charge is 0.0861 e. The molecule has 0 aliphatic heterocycles. The molecule has 0 spiro atoms. The zero-order chi connectivity index (χ0) is 5.54. The van der Waals surface area contributed by atoms with Crippen LogP contribution in [0.2, 0.25) is 0 Å². The number of rotatable bonds is 2. The Labute approximate surface area is 53.4 Å². The molecule has 0 amide bonds. The molecule has 0 aromatic rings. The van der Waals surface area contributed by atoms with E-state index in [9.17, 15) is 0 Å². The van der Waals surface area contributed by atoms with Crippen LogP contribution < -0.4 is 0 Å². The fourth-order valence-corrected chi connectivity index (χ4v) is 0.417. The van der Waals surface area contributed by atoms with Crippen molar-refractivity contribution in [3.8, 4) is 10.8 Å². The highest BCUT2D eigenvalue weighted by molar-refractivity contribution is 9.12. The molecule has 0 N–H and O–H groups in total. The first-order chi connectivity index (χ1) is 3.41. The Balaban J connectivity index is 2.78. The van der Waals surface area contributed by atoms with Gasteiger partial charge in [0, 0.05) is 22.4 Å². The highest BCUT2D eigenvalue weighted by Gasteiger charge is 1.73. The molecule has 0 heterocycles. The maximum absolute atomic E-state index is 2.99. The molecule has 39 valence electrons. The summed E-state index contributed by atoms with van der Waals surface area (Å²) in [5.74, 6) is 2.79. The molecule has 7 heavy (non-hydrogen) atoms. The van der Waals surface area contributed by atoms with E-state index in [1.165, 1.54) is 6.42 Å². The maximum Gasteiger partial charge on any atom is 0.0349 e. The molecule has 0 nitrogen and oxygen atoms in total. The van der Waals surface area contributed by atoms with Gasteiger partial charge in [-0.15, -0.1) is 0 Å². The van der Waals surface area contributed by atoms with Gasteiger partial charge < -0.3 is 0 Å². The summed E-state index contributed by atoms with van der Waals surface area (Å²) in [5, 5.41) is 0. The molecule has 0 bridgehead atoms. The van der Waals surface area contributed by atoms with E-state index in [2.05, 4.69) is 33.6 Å². The molecule has 0 fully saturated rings. The van der Waals surface area contributed by atoms with Gasteiger partial charge in [0.05, 0.1) is 0 Å². The smallest absolute Gasteiger partial charge is 0.0349 e. The van der Waals surface area contributed by atoms with Gasteiger partial charge in [-0.1, -0.05) is 19.3 Å². The predicted octanol–water partition coefficient (Wildman–Crippen LogP) is 2.35. The number of halogens is 1. The molecular formula is C6H8Br. The third kappa shape index (κ3) is 6.04. The minimum absolute atomic E-state index is 1.10. The van der Waals surface area contributed by atoms with E-state index in [1.54, 1.807) is 0 Å². The minimum Gasteiger partial charge on any atom is -0.0861 e. The Morgan fingerprint density at radius 3 is 2.86 bits per heavy atom. The quantitative estimate of drug-likeness (QED) is 0.429. The summed E-state index contributed by atoms with van der Waals surface area (Å²) in [6, 6.07) is 0. The van der Waals surface area contributed by atoms with Crippen molar-refractivity contribution in [1.29, 1.82) is 0 Å². The van der Waals surface area contributed by atoms with Crippen LogP contribution in [0.4, 0.5) is 0 Å². The van der Waals surface area contributed by atoms with Crippen molar-refractivity contribution in [2.75, 3.05) is 0 Å². The van der Waals surface area contributed by atoms with Crippen molar-refractivity contribution in [1.82, 2.24) is 0 Å². The zero-order valence-corrected chi connectivity index (χ0v) is 5.96. The topological polar surface area (TPSA) is 0 Å². The van der Waals surface area contributed by atoms with E-state index in [4.69, 9.17) is 0 Å². The van der Waals surface area contributed by atoms with Gasteiger partial charge >= 0.3 is 0 Å². The Hall–Kier alpha value is 0.0400. The average Bonchev–Trinajstić information content (AvgIpc) is 1.69. The second-order valence-corrected chi connectivity index (χ2v) is 1.63. The Kier molecular flexibility index (Phi) is 6.07. The van der Waals surface area contributed by atoms with E-state index in [0.29, 0.717) is 0 Å². The minimum atomic E-state index is 1.10. The van der Waals surface area contributed by atoms with Crippen LogP contribution in [0.25, 0.3) is 0 Å². The number of unbranched alkanes of at least 4 members (excludes halogenated alkanes) is 2. The zero-order valence-electron chi connectivity index (χ0n) is 4.37. The molecule has 0 aliphatic carbocycles. The first-order valence-corrected chi connectivity index (χ1v) is 3.14. The molecular weight excluding hydrogens is 152 g/mol. The van der Waals surface area contributed by atoms with Crippen LogP contribution in [0.1, 0.15) is 19.8 Å². The third-order valence-corrected chi connectivity index (χ3v) is 0.819. The SMILES string of the molecule is CCC[CH]C#CBr. The molecule has 1 radical (unpaired) electrons. The second kappa shape index (κ2) is 6.04. The lowest BCUT2D eigenvalue weighted by molar-refractivity contribution is 0.929. The standard InChI is InChI=1S/C6H8Br/c1-2-3-4-5-6-7/h4H,2-3H2,1H3. The van der Waals surface area contributed by atoms with E-state index in [0.717, 1.165) is 6.42 Å². The molecule has 0 unspecified atom stereocenters. The lowest BCUT2D eigenvalue weighted by Crippen LogP contribution is -1.65. The molecule has 0 aromatic heterocycles. The fraction of sp³-hybridized carbons (Fsp3) is 0.500. The molecule has 0 saturated carbocycles. The van der Waals surface area contributed by atoms with Crippen LogP contribution in [0.15, 0.2) is 0 Å². The van der Waals surface area contributed by atoms with Crippen LogP contribution in [0.3, 0.4) is 0 Å². The average molecular weight is 160 g/mol. The Morgan fingerprint density at radius 2 is 2.43 bits per heavy atom. The van der Waals surface area contributed by atoms with Gasteiger partial charge in [-0.2, -0.15) is 0 Å². The third-order valence-electron chi connectivity index (χ3n) is 0.590. The first kappa shape index (κ1) is 7.04. The Morgan fingerprint density at radius 1 is 1.71 bits per heavy atom. The predicted molar refractivity (Wildman–Crippen MR) is 35.9 cm³/mol. The van der Waals surface area contributed by atoms with Gasteiger partial charge in [-0.3, -0.25) is 0 Å². The van der Waals surface area contributed by atoms with Crippen LogP contribution in [-0.2, 0) is 0 Å².